The topological polar surface area (TPSA) is 72.7 Å². The SMILES string of the molecule is CC(C)(C)C(=O)NC(n1cnc2c(Cl)ncnc21)C(Cl)(Cl)Cl. The minimum atomic E-state index is -1.81. The van der Waals surface area contributed by atoms with Gasteiger partial charge in [0, 0.05) is 5.41 Å². The van der Waals surface area contributed by atoms with Crippen LogP contribution in [0.4, 0.5) is 0 Å². The van der Waals surface area contributed by atoms with Gasteiger partial charge in [0.25, 0.3) is 0 Å². The maximum absolute atomic E-state index is 12.2. The average Bonchev–Trinajstić information content (AvgIpc) is 2.78. The first-order valence-corrected chi connectivity index (χ1v) is 7.73. The number of carbonyl (C=O) groups excluding carboxylic acids is 1. The number of rotatable bonds is 2. The predicted molar refractivity (Wildman–Crippen MR) is 87.3 cm³/mol. The zero-order valence-corrected chi connectivity index (χ0v) is 15.0. The molecule has 0 bridgehead atoms. The van der Waals surface area contributed by atoms with Crippen molar-refractivity contribution in [2.75, 3.05) is 0 Å². The Kier molecular flexibility index (Phi) is 4.78. The number of hydrogen-bond acceptors (Lipinski definition) is 4. The molecule has 0 aliphatic rings. The number of amides is 1. The highest BCUT2D eigenvalue weighted by molar-refractivity contribution is 6.68. The summed E-state index contributed by atoms with van der Waals surface area (Å²) in [5.74, 6) is -0.286. The summed E-state index contributed by atoms with van der Waals surface area (Å²) in [5, 5.41) is 2.87. The summed E-state index contributed by atoms with van der Waals surface area (Å²) in [5.41, 5.74) is 0.0518. The molecule has 0 saturated carbocycles. The van der Waals surface area contributed by atoms with E-state index in [1.165, 1.54) is 17.2 Å². The number of hydrogen-bond donors (Lipinski definition) is 1. The third kappa shape index (κ3) is 3.56. The van der Waals surface area contributed by atoms with Gasteiger partial charge < -0.3 is 5.32 Å². The number of halogens is 4. The molecule has 1 unspecified atom stereocenters. The van der Waals surface area contributed by atoms with Gasteiger partial charge in [-0.05, 0) is 0 Å². The van der Waals surface area contributed by atoms with Crippen molar-refractivity contribution in [1.82, 2.24) is 24.8 Å². The zero-order chi connectivity index (χ0) is 16.7. The van der Waals surface area contributed by atoms with Crippen LogP contribution in [0.1, 0.15) is 26.9 Å². The second kappa shape index (κ2) is 6.00. The number of aromatic nitrogens is 4. The van der Waals surface area contributed by atoms with E-state index in [0.717, 1.165) is 0 Å². The lowest BCUT2D eigenvalue weighted by atomic mass is 9.95. The molecule has 1 N–H and O–H groups in total. The summed E-state index contributed by atoms with van der Waals surface area (Å²) in [7, 11) is 0. The molecule has 2 aromatic heterocycles. The molecule has 120 valence electrons. The maximum atomic E-state index is 12.2. The largest absolute Gasteiger partial charge is 0.331 e. The first-order chi connectivity index (χ1) is 10.0. The van der Waals surface area contributed by atoms with Gasteiger partial charge in [0.2, 0.25) is 9.70 Å². The van der Waals surface area contributed by atoms with Crippen LogP contribution in [0, 0.1) is 5.41 Å². The summed E-state index contributed by atoms with van der Waals surface area (Å²) >= 11 is 24.0. The number of alkyl halides is 3. The van der Waals surface area contributed by atoms with Crippen molar-refractivity contribution in [3.8, 4) is 0 Å². The molecule has 0 aliphatic heterocycles. The van der Waals surface area contributed by atoms with Crippen molar-refractivity contribution in [3.63, 3.8) is 0 Å². The highest BCUT2D eigenvalue weighted by Gasteiger charge is 2.38. The van der Waals surface area contributed by atoms with Crippen LogP contribution < -0.4 is 5.32 Å². The maximum Gasteiger partial charge on any atom is 0.229 e. The molecule has 2 aromatic rings. The summed E-state index contributed by atoms with van der Waals surface area (Å²) in [6.07, 6.45) is 1.66. The van der Waals surface area contributed by atoms with Crippen LogP contribution in [0.3, 0.4) is 0 Å². The Labute approximate surface area is 147 Å². The molecule has 0 saturated heterocycles. The van der Waals surface area contributed by atoms with E-state index in [-0.39, 0.29) is 11.1 Å². The second-order valence-electron chi connectivity index (χ2n) is 5.66. The quantitative estimate of drug-likeness (QED) is 0.635. The minimum Gasteiger partial charge on any atom is -0.331 e. The van der Waals surface area contributed by atoms with Crippen molar-refractivity contribution < 1.29 is 4.79 Å². The van der Waals surface area contributed by atoms with Crippen LogP contribution in [0.25, 0.3) is 11.2 Å². The van der Waals surface area contributed by atoms with Gasteiger partial charge in [0.1, 0.15) is 11.8 Å². The number of fused-ring (bicyclic) bond motifs is 1. The van der Waals surface area contributed by atoms with E-state index in [1.807, 2.05) is 0 Å². The smallest absolute Gasteiger partial charge is 0.229 e. The highest BCUT2D eigenvalue weighted by atomic mass is 35.6. The molecule has 0 radical (unpaired) electrons. The molecule has 0 aromatic carbocycles. The first-order valence-electron chi connectivity index (χ1n) is 6.22. The van der Waals surface area contributed by atoms with Crippen LogP contribution in [0.15, 0.2) is 12.7 Å². The molecular formula is C12H13Cl4N5O. The lowest BCUT2D eigenvalue weighted by Gasteiger charge is -2.29. The van der Waals surface area contributed by atoms with E-state index in [2.05, 4.69) is 20.3 Å². The van der Waals surface area contributed by atoms with E-state index in [4.69, 9.17) is 46.4 Å². The fourth-order valence-electron chi connectivity index (χ4n) is 1.66. The molecule has 22 heavy (non-hydrogen) atoms. The van der Waals surface area contributed by atoms with Crippen LogP contribution in [0.5, 0.6) is 0 Å². The van der Waals surface area contributed by atoms with Gasteiger partial charge in [-0.15, -0.1) is 0 Å². The third-order valence-corrected chi connectivity index (χ3v) is 3.75. The number of imidazole rings is 1. The van der Waals surface area contributed by atoms with Crippen LogP contribution in [0.2, 0.25) is 5.15 Å². The molecule has 1 amide bonds. The van der Waals surface area contributed by atoms with Crippen molar-refractivity contribution in [3.05, 3.63) is 17.8 Å². The molecule has 10 heteroatoms. The summed E-state index contributed by atoms with van der Waals surface area (Å²) in [6.45, 7) is 5.26. The Morgan fingerprint density at radius 3 is 2.41 bits per heavy atom. The normalized spacial score (nSPS) is 14.1. The average molecular weight is 385 g/mol. The summed E-state index contributed by atoms with van der Waals surface area (Å²) < 4.78 is -0.370. The molecular weight excluding hydrogens is 372 g/mol. The van der Waals surface area contributed by atoms with E-state index >= 15 is 0 Å². The lowest BCUT2D eigenvalue weighted by Crippen LogP contribution is -2.44. The second-order valence-corrected chi connectivity index (χ2v) is 8.38. The Morgan fingerprint density at radius 1 is 1.23 bits per heavy atom. The molecule has 6 nitrogen and oxygen atoms in total. The van der Waals surface area contributed by atoms with E-state index in [1.54, 1.807) is 20.8 Å². The fraction of sp³-hybridized carbons (Fsp3) is 0.500. The summed E-state index contributed by atoms with van der Waals surface area (Å²) in [4.78, 5) is 24.3. The lowest BCUT2D eigenvalue weighted by molar-refractivity contribution is -0.129. The van der Waals surface area contributed by atoms with Gasteiger partial charge in [-0.25, -0.2) is 15.0 Å². The predicted octanol–water partition coefficient (Wildman–Crippen LogP) is 3.51. The van der Waals surface area contributed by atoms with Crippen LogP contribution in [-0.2, 0) is 4.79 Å². The first kappa shape index (κ1) is 17.5. The van der Waals surface area contributed by atoms with Crippen molar-refractivity contribution in [2.24, 2.45) is 5.41 Å². The molecule has 0 spiro atoms. The fourth-order valence-corrected chi connectivity index (χ4v) is 2.32. The molecule has 2 heterocycles. The van der Waals surface area contributed by atoms with Crippen LogP contribution in [-0.4, -0.2) is 29.2 Å². The summed E-state index contributed by atoms with van der Waals surface area (Å²) in [6, 6.07) is 0. The molecule has 0 fully saturated rings. The van der Waals surface area contributed by atoms with Crippen LogP contribution >= 0.6 is 46.4 Å². The Bertz CT molecular complexity index is 704. The van der Waals surface area contributed by atoms with Crippen molar-refractivity contribution in [1.29, 1.82) is 0 Å². The minimum absolute atomic E-state index is 0.175. The number of nitrogens with one attached hydrogen (secondary N) is 1. The van der Waals surface area contributed by atoms with Gasteiger partial charge in [0.05, 0.1) is 6.33 Å². The third-order valence-electron chi connectivity index (χ3n) is 2.85. The Balaban J connectivity index is 2.50. The Morgan fingerprint density at radius 2 is 1.86 bits per heavy atom. The van der Waals surface area contributed by atoms with Gasteiger partial charge in [-0.3, -0.25) is 9.36 Å². The van der Waals surface area contributed by atoms with Gasteiger partial charge in [-0.2, -0.15) is 0 Å². The monoisotopic (exact) mass is 383 g/mol. The number of carbonyl (C=O) groups is 1. The van der Waals surface area contributed by atoms with Gasteiger partial charge >= 0.3 is 0 Å². The van der Waals surface area contributed by atoms with Crippen molar-refractivity contribution in [2.45, 2.75) is 30.7 Å². The van der Waals surface area contributed by atoms with E-state index in [9.17, 15) is 4.79 Å². The zero-order valence-electron chi connectivity index (χ0n) is 11.9. The van der Waals surface area contributed by atoms with Gasteiger partial charge in [0.15, 0.2) is 17.0 Å². The van der Waals surface area contributed by atoms with E-state index in [0.29, 0.717) is 11.2 Å². The molecule has 0 aliphatic carbocycles. The van der Waals surface area contributed by atoms with Gasteiger partial charge in [-0.1, -0.05) is 67.2 Å². The molecule has 1 atom stereocenters. The van der Waals surface area contributed by atoms with E-state index < -0.39 is 15.4 Å². The molecule has 2 rings (SSSR count). The standard InChI is InChI=1S/C12H13Cl4N5O/c1-11(2,3)10(22)20-9(12(14,15)16)21-5-19-6-7(13)17-4-18-8(6)21/h4-5,9H,1-3H3,(H,20,22). The number of nitrogens with zero attached hydrogens (tertiary/aromatic N) is 4. The highest BCUT2D eigenvalue weighted by Crippen LogP contribution is 2.38. The Hall–Kier alpha value is -0.820. The van der Waals surface area contributed by atoms with Crippen molar-refractivity contribution >= 4 is 63.5 Å².